The van der Waals surface area contributed by atoms with Crippen LogP contribution in [0.4, 0.5) is 0 Å². The van der Waals surface area contributed by atoms with Crippen LogP contribution in [0, 0.1) is 0 Å². The van der Waals surface area contributed by atoms with Crippen LogP contribution in [-0.4, -0.2) is 45.3 Å². The van der Waals surface area contributed by atoms with Gasteiger partial charge < -0.3 is 9.47 Å². The number of benzene rings is 1. The summed E-state index contributed by atoms with van der Waals surface area (Å²) in [6.45, 7) is 1.94. The predicted molar refractivity (Wildman–Crippen MR) is 102 cm³/mol. The Kier molecular flexibility index (Phi) is 6.19. The molecule has 1 aromatic carbocycles. The highest BCUT2D eigenvalue weighted by Crippen LogP contribution is 2.26. The highest BCUT2D eigenvalue weighted by atomic mass is 32.2. The van der Waals surface area contributed by atoms with Crippen LogP contribution in [0.15, 0.2) is 60.0 Å². The second kappa shape index (κ2) is 8.78. The van der Waals surface area contributed by atoms with Gasteiger partial charge >= 0.3 is 0 Å². The van der Waals surface area contributed by atoms with Gasteiger partial charge in [-0.15, -0.1) is 10.2 Å². The Hall–Kier alpha value is -2.18. The van der Waals surface area contributed by atoms with Gasteiger partial charge in [0.25, 0.3) is 0 Å². The largest absolute Gasteiger partial charge is 0.309 e. The van der Waals surface area contributed by atoms with Crippen molar-refractivity contribution in [1.29, 1.82) is 0 Å². The first-order valence-corrected chi connectivity index (χ1v) is 9.37. The second-order valence-electron chi connectivity index (χ2n) is 6.12. The van der Waals surface area contributed by atoms with E-state index in [9.17, 15) is 0 Å². The zero-order valence-electron chi connectivity index (χ0n) is 14.7. The van der Waals surface area contributed by atoms with Crippen LogP contribution in [0.1, 0.15) is 12.0 Å². The zero-order chi connectivity index (χ0) is 17.5. The maximum atomic E-state index is 4.45. The number of thioether (sulfide) groups is 1. The molecule has 0 radical (unpaired) electrons. The molecule has 5 nitrogen and oxygen atoms in total. The molecule has 25 heavy (non-hydrogen) atoms. The second-order valence-corrected chi connectivity index (χ2v) is 7.07. The number of hydrogen-bond acceptors (Lipinski definition) is 5. The summed E-state index contributed by atoms with van der Waals surface area (Å²) in [6.07, 6.45) is 4.65. The van der Waals surface area contributed by atoms with Crippen LogP contribution in [0.25, 0.3) is 11.4 Å². The maximum absolute atomic E-state index is 4.45. The molecular formula is C19H23N5S. The SMILES string of the molecule is CN(C)CCCn1c(SCc2ccccc2)nnc1-c1ccncc1. The molecule has 0 unspecified atom stereocenters. The standard InChI is InChI=1S/C19H23N5S/c1-23(2)13-6-14-24-18(17-9-11-20-12-10-17)21-22-19(24)25-15-16-7-4-3-5-8-16/h3-5,7-12H,6,13-15H2,1-2H3. The molecule has 0 fully saturated rings. The van der Waals surface area contributed by atoms with Crippen molar-refractivity contribution in [3.05, 3.63) is 60.4 Å². The van der Waals surface area contributed by atoms with Crippen LogP contribution in [0.2, 0.25) is 0 Å². The fourth-order valence-electron chi connectivity index (χ4n) is 2.58. The quantitative estimate of drug-likeness (QED) is 0.579. The summed E-state index contributed by atoms with van der Waals surface area (Å²) >= 11 is 1.73. The lowest BCUT2D eigenvalue weighted by atomic mass is 10.2. The van der Waals surface area contributed by atoms with Gasteiger partial charge in [0.2, 0.25) is 0 Å². The van der Waals surface area contributed by atoms with E-state index < -0.39 is 0 Å². The average molecular weight is 353 g/mol. The lowest BCUT2D eigenvalue weighted by molar-refractivity contribution is 0.383. The minimum atomic E-state index is 0.892. The van der Waals surface area contributed by atoms with Crippen LogP contribution >= 0.6 is 11.8 Å². The Morgan fingerprint density at radius 1 is 1.00 bits per heavy atom. The molecule has 2 aromatic heterocycles. The highest BCUT2D eigenvalue weighted by molar-refractivity contribution is 7.98. The molecule has 130 valence electrons. The van der Waals surface area contributed by atoms with E-state index in [-0.39, 0.29) is 0 Å². The molecule has 0 N–H and O–H groups in total. The van der Waals surface area contributed by atoms with E-state index in [2.05, 4.69) is 63.0 Å². The molecule has 6 heteroatoms. The summed E-state index contributed by atoms with van der Waals surface area (Å²) in [5.74, 6) is 1.81. The lowest BCUT2D eigenvalue weighted by Gasteiger charge is -2.13. The molecule has 0 aliphatic carbocycles. The third-order valence-corrected chi connectivity index (χ3v) is 4.89. The van der Waals surface area contributed by atoms with Crippen molar-refractivity contribution in [1.82, 2.24) is 24.6 Å². The van der Waals surface area contributed by atoms with Gasteiger partial charge in [-0.2, -0.15) is 0 Å². The first-order chi connectivity index (χ1) is 12.2. The minimum absolute atomic E-state index is 0.892. The first-order valence-electron chi connectivity index (χ1n) is 8.39. The monoisotopic (exact) mass is 353 g/mol. The van der Waals surface area contributed by atoms with Crippen molar-refractivity contribution in [3.8, 4) is 11.4 Å². The van der Waals surface area contributed by atoms with Crippen LogP contribution < -0.4 is 0 Å². The van der Waals surface area contributed by atoms with E-state index in [1.165, 1.54) is 5.56 Å². The van der Waals surface area contributed by atoms with Crippen molar-refractivity contribution in [2.24, 2.45) is 0 Å². The van der Waals surface area contributed by atoms with E-state index >= 15 is 0 Å². The van der Waals surface area contributed by atoms with E-state index in [1.807, 2.05) is 18.2 Å². The van der Waals surface area contributed by atoms with Crippen LogP contribution in [-0.2, 0) is 12.3 Å². The zero-order valence-corrected chi connectivity index (χ0v) is 15.5. The van der Waals surface area contributed by atoms with Crippen molar-refractivity contribution in [3.63, 3.8) is 0 Å². The van der Waals surface area contributed by atoms with Crippen molar-refractivity contribution in [2.75, 3.05) is 20.6 Å². The predicted octanol–water partition coefficient (Wildman–Crippen LogP) is 3.58. The summed E-state index contributed by atoms with van der Waals surface area (Å²) in [6, 6.07) is 14.4. The van der Waals surface area contributed by atoms with Gasteiger partial charge in [0, 0.05) is 30.3 Å². The first kappa shape index (κ1) is 17.6. The minimum Gasteiger partial charge on any atom is -0.309 e. The average Bonchev–Trinajstić information content (AvgIpc) is 3.04. The molecule has 0 saturated carbocycles. The molecule has 0 spiro atoms. The molecule has 0 aliphatic rings. The third kappa shape index (κ3) is 4.90. The number of pyridine rings is 1. The summed E-state index contributed by atoms with van der Waals surface area (Å²) in [5, 5.41) is 9.86. The Morgan fingerprint density at radius 3 is 2.48 bits per heavy atom. The van der Waals surface area contributed by atoms with Gasteiger partial charge in [-0.05, 0) is 44.8 Å². The number of aromatic nitrogens is 4. The van der Waals surface area contributed by atoms with Gasteiger partial charge in [-0.3, -0.25) is 4.98 Å². The van der Waals surface area contributed by atoms with Crippen molar-refractivity contribution in [2.45, 2.75) is 23.9 Å². The molecule has 0 amide bonds. The Labute approximate surface area is 153 Å². The van der Waals surface area contributed by atoms with Crippen LogP contribution in [0.3, 0.4) is 0 Å². The van der Waals surface area contributed by atoms with Gasteiger partial charge in [0.1, 0.15) is 0 Å². The fraction of sp³-hybridized carbons (Fsp3) is 0.316. The Balaban J connectivity index is 1.80. The number of nitrogens with zero attached hydrogens (tertiary/aromatic N) is 5. The van der Waals surface area contributed by atoms with E-state index in [0.717, 1.165) is 41.8 Å². The summed E-state index contributed by atoms with van der Waals surface area (Å²) in [5.41, 5.74) is 2.35. The number of rotatable bonds is 8. The molecule has 3 aromatic rings. The highest BCUT2D eigenvalue weighted by Gasteiger charge is 2.14. The van der Waals surface area contributed by atoms with Gasteiger partial charge in [-0.1, -0.05) is 42.1 Å². The van der Waals surface area contributed by atoms with Crippen molar-refractivity contribution < 1.29 is 0 Å². The Morgan fingerprint density at radius 2 is 1.76 bits per heavy atom. The molecule has 3 rings (SSSR count). The molecular weight excluding hydrogens is 330 g/mol. The third-order valence-electron chi connectivity index (χ3n) is 3.85. The van der Waals surface area contributed by atoms with E-state index in [0.29, 0.717) is 0 Å². The number of hydrogen-bond donors (Lipinski definition) is 0. The molecule has 2 heterocycles. The molecule has 0 aliphatic heterocycles. The van der Waals surface area contributed by atoms with Gasteiger partial charge in [0.05, 0.1) is 0 Å². The van der Waals surface area contributed by atoms with E-state index in [1.54, 1.807) is 24.2 Å². The Bertz CT molecular complexity index is 771. The maximum Gasteiger partial charge on any atom is 0.191 e. The van der Waals surface area contributed by atoms with Crippen molar-refractivity contribution >= 4 is 11.8 Å². The molecule has 0 saturated heterocycles. The normalized spacial score (nSPS) is 11.2. The van der Waals surface area contributed by atoms with E-state index in [4.69, 9.17) is 0 Å². The fourth-order valence-corrected chi connectivity index (χ4v) is 3.50. The summed E-state index contributed by atoms with van der Waals surface area (Å²) < 4.78 is 2.23. The molecule has 0 bridgehead atoms. The summed E-state index contributed by atoms with van der Waals surface area (Å²) in [4.78, 5) is 6.30. The lowest BCUT2D eigenvalue weighted by Crippen LogP contribution is -2.15. The van der Waals surface area contributed by atoms with Gasteiger partial charge in [0.15, 0.2) is 11.0 Å². The topological polar surface area (TPSA) is 46.8 Å². The molecule has 0 atom stereocenters. The van der Waals surface area contributed by atoms with Crippen LogP contribution in [0.5, 0.6) is 0 Å². The summed E-state index contributed by atoms with van der Waals surface area (Å²) in [7, 11) is 4.20. The van der Waals surface area contributed by atoms with Gasteiger partial charge in [-0.25, -0.2) is 0 Å². The smallest absolute Gasteiger partial charge is 0.191 e.